The number of rotatable bonds is 6. The largest absolute Gasteiger partial charge is 0.490 e. The first kappa shape index (κ1) is 17.9. The van der Waals surface area contributed by atoms with Crippen LogP contribution in [0, 0.1) is 6.92 Å². The van der Waals surface area contributed by atoms with Gasteiger partial charge in [0.2, 0.25) is 0 Å². The highest BCUT2D eigenvalue weighted by Gasteiger charge is 2.34. The van der Waals surface area contributed by atoms with Crippen LogP contribution in [0.25, 0.3) is 0 Å². The Hall–Kier alpha value is -1.89. The lowest BCUT2D eigenvalue weighted by molar-refractivity contribution is -0.0648. The molecule has 1 aromatic heterocycles. The minimum atomic E-state index is -1.03. The Morgan fingerprint density at radius 1 is 1.36 bits per heavy atom. The smallest absolute Gasteiger partial charge is 0.134 e. The van der Waals surface area contributed by atoms with Gasteiger partial charge in [0.25, 0.3) is 0 Å². The van der Waals surface area contributed by atoms with E-state index in [0.29, 0.717) is 13.2 Å². The van der Waals surface area contributed by atoms with Crippen LogP contribution in [-0.2, 0) is 17.8 Å². The van der Waals surface area contributed by atoms with Gasteiger partial charge in [0, 0.05) is 32.4 Å². The Morgan fingerprint density at radius 3 is 3.00 bits per heavy atom. The zero-order chi connectivity index (χ0) is 17.7. The third-order valence-electron chi connectivity index (χ3n) is 4.56. The molecule has 25 heavy (non-hydrogen) atoms. The summed E-state index contributed by atoms with van der Waals surface area (Å²) < 4.78 is 13.6. The van der Waals surface area contributed by atoms with Crippen LogP contribution >= 0.6 is 0 Å². The standard InChI is InChI=1S/C19H27N3O3/c1-3-22-15-20-10-17(22)11-21-8-9-24-13-19(23,12-21)14-25-18-7-5-4-6-16(18)2/h4-7,10,15,23H,3,8-9,11-14H2,1-2H3/t19-/m1/s1. The van der Waals surface area contributed by atoms with Crippen molar-refractivity contribution in [3.63, 3.8) is 0 Å². The molecule has 1 fully saturated rings. The van der Waals surface area contributed by atoms with Crippen LogP contribution in [0.15, 0.2) is 36.8 Å². The fourth-order valence-electron chi connectivity index (χ4n) is 3.14. The molecule has 0 aliphatic carbocycles. The Labute approximate surface area is 149 Å². The molecule has 0 spiro atoms. The van der Waals surface area contributed by atoms with Gasteiger partial charge in [0.1, 0.15) is 18.0 Å². The summed E-state index contributed by atoms with van der Waals surface area (Å²) in [6.45, 7) is 8.11. The van der Waals surface area contributed by atoms with Crippen molar-refractivity contribution in [2.45, 2.75) is 32.5 Å². The SMILES string of the molecule is CCn1cncc1CN1CCOC[C@@](O)(COc2ccccc2C)C1. The van der Waals surface area contributed by atoms with Crippen molar-refractivity contribution in [2.24, 2.45) is 0 Å². The molecule has 1 aromatic carbocycles. The van der Waals surface area contributed by atoms with Crippen molar-refractivity contribution < 1.29 is 14.6 Å². The van der Waals surface area contributed by atoms with E-state index < -0.39 is 5.60 Å². The zero-order valence-corrected chi connectivity index (χ0v) is 15.0. The van der Waals surface area contributed by atoms with Gasteiger partial charge >= 0.3 is 0 Å². The Kier molecular flexibility index (Phi) is 5.73. The van der Waals surface area contributed by atoms with Crippen molar-refractivity contribution >= 4 is 0 Å². The number of hydrogen-bond acceptors (Lipinski definition) is 5. The first-order valence-corrected chi connectivity index (χ1v) is 8.79. The molecule has 2 aromatic rings. The monoisotopic (exact) mass is 345 g/mol. The van der Waals surface area contributed by atoms with Crippen molar-refractivity contribution in [2.75, 3.05) is 32.9 Å². The quantitative estimate of drug-likeness (QED) is 0.866. The van der Waals surface area contributed by atoms with Gasteiger partial charge in [-0.15, -0.1) is 0 Å². The first-order chi connectivity index (χ1) is 12.1. The van der Waals surface area contributed by atoms with Gasteiger partial charge in [0.15, 0.2) is 0 Å². The molecule has 6 nitrogen and oxygen atoms in total. The Bertz CT molecular complexity index is 688. The van der Waals surface area contributed by atoms with Crippen LogP contribution in [0.3, 0.4) is 0 Å². The van der Waals surface area contributed by atoms with Gasteiger partial charge in [0.05, 0.1) is 25.2 Å². The minimum Gasteiger partial charge on any atom is -0.490 e. The van der Waals surface area contributed by atoms with Crippen LogP contribution in [0.5, 0.6) is 5.75 Å². The molecule has 0 unspecified atom stereocenters. The summed E-state index contributed by atoms with van der Waals surface area (Å²) in [5.41, 5.74) is 1.17. The third-order valence-corrected chi connectivity index (χ3v) is 4.56. The fraction of sp³-hybridized carbons (Fsp3) is 0.526. The van der Waals surface area contributed by atoms with E-state index in [9.17, 15) is 5.11 Å². The second-order valence-corrected chi connectivity index (χ2v) is 6.71. The summed E-state index contributed by atoms with van der Waals surface area (Å²) in [5, 5.41) is 11.0. The summed E-state index contributed by atoms with van der Waals surface area (Å²) >= 11 is 0. The van der Waals surface area contributed by atoms with E-state index >= 15 is 0 Å². The lowest BCUT2D eigenvalue weighted by atomic mass is 10.1. The number of aromatic nitrogens is 2. The number of aryl methyl sites for hydroxylation is 2. The maximum atomic E-state index is 11.0. The lowest BCUT2D eigenvalue weighted by Crippen LogP contribution is -2.48. The zero-order valence-electron chi connectivity index (χ0n) is 15.0. The second-order valence-electron chi connectivity index (χ2n) is 6.71. The van der Waals surface area contributed by atoms with Gasteiger partial charge in [-0.2, -0.15) is 0 Å². The van der Waals surface area contributed by atoms with E-state index in [1.807, 2.05) is 43.7 Å². The number of hydrogen-bond donors (Lipinski definition) is 1. The van der Waals surface area contributed by atoms with E-state index in [-0.39, 0.29) is 13.2 Å². The van der Waals surface area contributed by atoms with Crippen LogP contribution < -0.4 is 4.74 Å². The van der Waals surface area contributed by atoms with E-state index in [2.05, 4.69) is 21.4 Å². The number of aliphatic hydroxyl groups is 1. The normalized spacial score (nSPS) is 21.9. The average molecular weight is 345 g/mol. The first-order valence-electron chi connectivity index (χ1n) is 8.79. The summed E-state index contributed by atoms with van der Waals surface area (Å²) in [4.78, 5) is 6.43. The van der Waals surface area contributed by atoms with Crippen molar-refractivity contribution in [1.82, 2.24) is 14.5 Å². The molecule has 1 aliphatic rings. The molecule has 2 heterocycles. The second kappa shape index (κ2) is 7.99. The molecule has 3 rings (SSSR count). The van der Waals surface area contributed by atoms with E-state index in [1.165, 1.54) is 0 Å². The Morgan fingerprint density at radius 2 is 2.20 bits per heavy atom. The number of ether oxygens (including phenoxy) is 2. The number of benzene rings is 1. The summed E-state index contributed by atoms with van der Waals surface area (Å²) in [5.74, 6) is 0.802. The third kappa shape index (κ3) is 4.60. The topological polar surface area (TPSA) is 59.8 Å². The van der Waals surface area contributed by atoms with Crippen molar-refractivity contribution in [3.8, 4) is 5.75 Å². The van der Waals surface area contributed by atoms with E-state index in [1.54, 1.807) is 0 Å². The Balaban J connectivity index is 1.65. The number of β-amino-alcohol motifs (C(OH)–C–C–N with tert-alkyl or cyclic N) is 1. The highest BCUT2D eigenvalue weighted by atomic mass is 16.5. The molecule has 0 amide bonds. The molecule has 0 radical (unpaired) electrons. The molecule has 1 N–H and O–H groups in total. The number of para-hydroxylation sites is 1. The van der Waals surface area contributed by atoms with Gasteiger partial charge in [-0.25, -0.2) is 4.98 Å². The lowest BCUT2D eigenvalue weighted by Gasteiger charge is -2.30. The molecular weight excluding hydrogens is 318 g/mol. The molecule has 6 heteroatoms. The van der Waals surface area contributed by atoms with Gasteiger partial charge in [-0.05, 0) is 25.5 Å². The molecule has 1 saturated heterocycles. The number of imidazole rings is 1. The summed E-state index contributed by atoms with van der Waals surface area (Å²) in [6.07, 6.45) is 3.73. The van der Waals surface area contributed by atoms with E-state index in [0.717, 1.165) is 36.6 Å². The van der Waals surface area contributed by atoms with E-state index in [4.69, 9.17) is 9.47 Å². The van der Waals surface area contributed by atoms with Gasteiger partial charge < -0.3 is 19.1 Å². The van der Waals surface area contributed by atoms with Crippen LogP contribution in [0.4, 0.5) is 0 Å². The maximum Gasteiger partial charge on any atom is 0.134 e. The molecule has 0 bridgehead atoms. The molecule has 0 saturated carbocycles. The number of nitrogens with zero attached hydrogens (tertiary/aromatic N) is 3. The van der Waals surface area contributed by atoms with Crippen molar-refractivity contribution in [1.29, 1.82) is 0 Å². The maximum absolute atomic E-state index is 11.0. The van der Waals surface area contributed by atoms with Gasteiger partial charge in [-0.1, -0.05) is 18.2 Å². The molecular formula is C19H27N3O3. The van der Waals surface area contributed by atoms with Crippen LogP contribution in [0.2, 0.25) is 0 Å². The summed E-state index contributed by atoms with van der Waals surface area (Å²) in [7, 11) is 0. The van der Waals surface area contributed by atoms with Crippen LogP contribution in [-0.4, -0.2) is 58.1 Å². The van der Waals surface area contributed by atoms with Crippen molar-refractivity contribution in [3.05, 3.63) is 48.0 Å². The van der Waals surface area contributed by atoms with Crippen LogP contribution in [0.1, 0.15) is 18.2 Å². The molecule has 136 valence electrons. The average Bonchev–Trinajstić information content (AvgIpc) is 2.96. The predicted octanol–water partition coefficient (Wildman–Crippen LogP) is 1.85. The predicted molar refractivity (Wildman–Crippen MR) is 95.6 cm³/mol. The highest BCUT2D eigenvalue weighted by molar-refractivity contribution is 5.31. The minimum absolute atomic E-state index is 0.210. The fourth-order valence-corrected chi connectivity index (χ4v) is 3.14. The molecule has 1 atom stereocenters. The molecule has 1 aliphatic heterocycles. The van der Waals surface area contributed by atoms with Gasteiger partial charge in [-0.3, -0.25) is 4.90 Å². The highest BCUT2D eigenvalue weighted by Crippen LogP contribution is 2.20. The summed E-state index contributed by atoms with van der Waals surface area (Å²) in [6, 6.07) is 7.84.